The number of hydrogen-bond donors (Lipinski definition) is 2. The van der Waals surface area contributed by atoms with Crippen LogP contribution in [0.2, 0.25) is 0 Å². The van der Waals surface area contributed by atoms with Gasteiger partial charge in [0.1, 0.15) is 0 Å². The molecular weight excluding hydrogens is 258 g/mol. The maximum absolute atomic E-state index is 11.7. The number of aromatic nitrogens is 1. The van der Waals surface area contributed by atoms with Crippen LogP contribution in [0.25, 0.3) is 0 Å². The van der Waals surface area contributed by atoms with Crippen molar-refractivity contribution in [3.8, 4) is 0 Å². The summed E-state index contributed by atoms with van der Waals surface area (Å²) in [6.07, 6.45) is 0. The molecule has 2 aromatic rings. The molecule has 0 aliphatic carbocycles. The number of benzene rings is 1. The van der Waals surface area contributed by atoms with Crippen molar-refractivity contribution in [1.29, 1.82) is 0 Å². The van der Waals surface area contributed by atoms with Gasteiger partial charge in [0.2, 0.25) is 0 Å². The van der Waals surface area contributed by atoms with Gasteiger partial charge in [-0.3, -0.25) is 0 Å². The third-order valence-corrected chi connectivity index (χ3v) is 3.78. The Morgan fingerprint density at radius 2 is 1.84 bits per heavy atom. The number of carbonyl (C=O) groups excluding carboxylic acids is 1. The van der Waals surface area contributed by atoms with Gasteiger partial charge in [-0.1, -0.05) is 30.3 Å². The molecule has 0 radical (unpaired) electrons. The third-order valence-electron chi connectivity index (χ3n) is 2.70. The van der Waals surface area contributed by atoms with Gasteiger partial charge in [-0.05, 0) is 19.4 Å². The summed E-state index contributed by atoms with van der Waals surface area (Å²) in [5.74, 6) is 0. The number of carbonyl (C=O) groups is 1. The second-order valence-corrected chi connectivity index (χ2v) is 5.55. The van der Waals surface area contributed by atoms with Gasteiger partial charge < -0.3 is 10.6 Å². The molecule has 0 fully saturated rings. The Labute approximate surface area is 116 Å². The van der Waals surface area contributed by atoms with E-state index in [1.807, 2.05) is 44.2 Å². The summed E-state index contributed by atoms with van der Waals surface area (Å²) in [5.41, 5.74) is 2.08. The highest BCUT2D eigenvalue weighted by Gasteiger charge is 2.06. The van der Waals surface area contributed by atoms with E-state index in [0.29, 0.717) is 13.1 Å². The molecule has 2 rings (SSSR count). The Balaban J connectivity index is 1.77. The van der Waals surface area contributed by atoms with Crippen molar-refractivity contribution in [3.05, 3.63) is 51.5 Å². The monoisotopic (exact) mass is 275 g/mol. The highest BCUT2D eigenvalue weighted by atomic mass is 32.1. The number of thiazole rings is 1. The third kappa shape index (κ3) is 4.06. The van der Waals surface area contributed by atoms with Crippen LogP contribution in [-0.4, -0.2) is 11.0 Å². The van der Waals surface area contributed by atoms with E-state index >= 15 is 0 Å². The lowest BCUT2D eigenvalue weighted by Crippen LogP contribution is -2.34. The smallest absolute Gasteiger partial charge is 0.315 e. The molecule has 19 heavy (non-hydrogen) atoms. The Hall–Kier alpha value is -1.88. The van der Waals surface area contributed by atoms with Gasteiger partial charge >= 0.3 is 6.03 Å². The van der Waals surface area contributed by atoms with Crippen molar-refractivity contribution >= 4 is 17.4 Å². The average molecular weight is 275 g/mol. The topological polar surface area (TPSA) is 54.0 Å². The molecule has 2 amide bonds. The quantitative estimate of drug-likeness (QED) is 0.901. The molecular formula is C14H17N3OS. The zero-order valence-electron chi connectivity index (χ0n) is 11.1. The molecule has 0 atom stereocenters. The number of nitrogens with zero attached hydrogens (tertiary/aromatic N) is 1. The Bertz CT molecular complexity index is 551. The second kappa shape index (κ2) is 6.33. The highest BCUT2D eigenvalue weighted by Crippen LogP contribution is 2.16. The first kappa shape index (κ1) is 13.5. The Morgan fingerprint density at radius 1 is 1.16 bits per heavy atom. The minimum Gasteiger partial charge on any atom is -0.334 e. The summed E-state index contributed by atoms with van der Waals surface area (Å²) < 4.78 is 0. The van der Waals surface area contributed by atoms with Crippen LogP contribution in [-0.2, 0) is 13.1 Å². The van der Waals surface area contributed by atoms with Crippen molar-refractivity contribution in [1.82, 2.24) is 15.6 Å². The second-order valence-electron chi connectivity index (χ2n) is 4.26. The standard InChI is InChI=1S/C14H17N3OS/c1-10-13(19-11(2)17-10)9-16-14(18)15-8-12-6-4-3-5-7-12/h3-7H,8-9H2,1-2H3,(H2,15,16,18). The van der Waals surface area contributed by atoms with Gasteiger partial charge in [0, 0.05) is 11.4 Å². The number of amides is 2. The fourth-order valence-electron chi connectivity index (χ4n) is 1.74. The van der Waals surface area contributed by atoms with Gasteiger partial charge in [-0.25, -0.2) is 9.78 Å². The Kier molecular flexibility index (Phi) is 4.52. The Morgan fingerprint density at radius 3 is 2.47 bits per heavy atom. The predicted molar refractivity (Wildman–Crippen MR) is 77.1 cm³/mol. The van der Waals surface area contributed by atoms with Crippen LogP contribution in [0.4, 0.5) is 4.79 Å². The first-order valence-corrected chi connectivity index (χ1v) is 6.95. The molecule has 0 aliphatic rings. The minimum absolute atomic E-state index is 0.158. The number of aryl methyl sites for hydroxylation is 2. The van der Waals surface area contributed by atoms with Gasteiger partial charge in [-0.2, -0.15) is 0 Å². The molecule has 100 valence electrons. The predicted octanol–water partition coefficient (Wildman–Crippen LogP) is 2.76. The summed E-state index contributed by atoms with van der Waals surface area (Å²) in [7, 11) is 0. The van der Waals surface area contributed by atoms with Crippen molar-refractivity contribution in [2.75, 3.05) is 0 Å². The molecule has 1 heterocycles. The molecule has 0 saturated heterocycles. The first-order chi connectivity index (χ1) is 9.15. The van der Waals surface area contributed by atoms with Crippen LogP contribution in [0.3, 0.4) is 0 Å². The van der Waals surface area contributed by atoms with E-state index in [1.54, 1.807) is 11.3 Å². The summed E-state index contributed by atoms with van der Waals surface area (Å²) in [4.78, 5) is 17.1. The largest absolute Gasteiger partial charge is 0.334 e. The van der Waals surface area contributed by atoms with Crippen LogP contribution in [0.15, 0.2) is 30.3 Å². The molecule has 0 saturated carbocycles. The first-order valence-electron chi connectivity index (χ1n) is 6.13. The summed E-state index contributed by atoms with van der Waals surface area (Å²) in [6, 6.07) is 9.68. The summed E-state index contributed by atoms with van der Waals surface area (Å²) in [6.45, 7) is 4.99. The average Bonchev–Trinajstić information content (AvgIpc) is 2.73. The van der Waals surface area contributed by atoms with Crippen LogP contribution < -0.4 is 10.6 Å². The lowest BCUT2D eigenvalue weighted by atomic mass is 10.2. The van der Waals surface area contributed by atoms with Crippen molar-refractivity contribution < 1.29 is 4.79 Å². The SMILES string of the molecule is Cc1nc(C)c(CNC(=O)NCc2ccccc2)s1. The van der Waals surface area contributed by atoms with E-state index in [2.05, 4.69) is 15.6 Å². The maximum atomic E-state index is 11.7. The van der Waals surface area contributed by atoms with E-state index in [0.717, 1.165) is 21.1 Å². The molecule has 4 nitrogen and oxygen atoms in total. The zero-order valence-corrected chi connectivity index (χ0v) is 11.9. The van der Waals surface area contributed by atoms with Crippen molar-refractivity contribution in [3.63, 3.8) is 0 Å². The molecule has 2 N–H and O–H groups in total. The zero-order chi connectivity index (χ0) is 13.7. The van der Waals surface area contributed by atoms with Crippen molar-refractivity contribution in [2.45, 2.75) is 26.9 Å². The fourth-order valence-corrected chi connectivity index (χ4v) is 2.62. The number of hydrogen-bond acceptors (Lipinski definition) is 3. The van der Waals surface area contributed by atoms with Crippen LogP contribution >= 0.6 is 11.3 Å². The van der Waals surface area contributed by atoms with Gasteiger partial charge in [0.15, 0.2) is 0 Å². The molecule has 1 aromatic carbocycles. The van der Waals surface area contributed by atoms with E-state index < -0.39 is 0 Å². The lowest BCUT2D eigenvalue weighted by Gasteiger charge is -2.07. The normalized spacial score (nSPS) is 10.2. The van der Waals surface area contributed by atoms with Gasteiger partial charge in [-0.15, -0.1) is 11.3 Å². The molecule has 0 unspecified atom stereocenters. The minimum atomic E-state index is -0.158. The van der Waals surface area contributed by atoms with Crippen LogP contribution in [0.5, 0.6) is 0 Å². The van der Waals surface area contributed by atoms with Crippen LogP contribution in [0, 0.1) is 13.8 Å². The van der Waals surface area contributed by atoms with Crippen LogP contribution in [0.1, 0.15) is 21.1 Å². The summed E-state index contributed by atoms with van der Waals surface area (Å²) >= 11 is 1.62. The number of rotatable bonds is 4. The molecule has 0 spiro atoms. The molecule has 0 aliphatic heterocycles. The number of nitrogens with one attached hydrogen (secondary N) is 2. The van der Waals surface area contributed by atoms with E-state index in [9.17, 15) is 4.79 Å². The van der Waals surface area contributed by atoms with E-state index in [4.69, 9.17) is 0 Å². The maximum Gasteiger partial charge on any atom is 0.315 e. The van der Waals surface area contributed by atoms with Crippen molar-refractivity contribution in [2.24, 2.45) is 0 Å². The lowest BCUT2D eigenvalue weighted by molar-refractivity contribution is 0.240. The van der Waals surface area contributed by atoms with Gasteiger partial charge in [0.25, 0.3) is 0 Å². The van der Waals surface area contributed by atoms with E-state index in [-0.39, 0.29) is 6.03 Å². The highest BCUT2D eigenvalue weighted by molar-refractivity contribution is 7.11. The molecule has 0 bridgehead atoms. The summed E-state index contributed by atoms with van der Waals surface area (Å²) in [5, 5.41) is 6.70. The van der Waals surface area contributed by atoms with Gasteiger partial charge in [0.05, 0.1) is 17.2 Å². The molecule has 1 aromatic heterocycles. The fraction of sp³-hybridized carbons (Fsp3) is 0.286. The molecule has 5 heteroatoms. The van der Waals surface area contributed by atoms with E-state index in [1.165, 1.54) is 0 Å². The number of urea groups is 1.